The minimum Gasteiger partial charge on any atom is -0.443 e. The van der Waals surface area contributed by atoms with Crippen LogP contribution in [0.3, 0.4) is 0 Å². The molecule has 0 spiro atoms. The third kappa shape index (κ3) is 4.49. The first-order chi connectivity index (χ1) is 8.61. The fraction of sp³-hybridized carbons (Fsp3) is 0.857. The number of imide groups is 1. The molecule has 19 heavy (non-hydrogen) atoms. The Balaban J connectivity index is 2.87. The van der Waals surface area contributed by atoms with Crippen LogP contribution in [0.25, 0.3) is 0 Å². The number of aliphatic hydroxyl groups excluding tert-OH is 1. The fourth-order valence-electron chi connectivity index (χ4n) is 2.26. The Bertz CT molecular complexity index is 346. The lowest BCUT2D eigenvalue weighted by Gasteiger charge is -2.37. The number of carbonyl (C=O) groups excluding carboxylic acids is 2. The topological polar surface area (TPSA) is 66.8 Å². The van der Waals surface area contributed by atoms with Gasteiger partial charge < -0.3 is 9.84 Å². The van der Waals surface area contributed by atoms with Crippen molar-refractivity contribution >= 4 is 12.0 Å². The molecule has 1 fully saturated rings. The van der Waals surface area contributed by atoms with Crippen molar-refractivity contribution in [3.63, 3.8) is 0 Å². The maximum absolute atomic E-state index is 12.1. The van der Waals surface area contributed by atoms with Gasteiger partial charge in [0.2, 0.25) is 0 Å². The van der Waals surface area contributed by atoms with Gasteiger partial charge in [-0.15, -0.1) is 0 Å². The average molecular weight is 271 g/mol. The van der Waals surface area contributed by atoms with Crippen LogP contribution in [0, 0.1) is 5.92 Å². The van der Waals surface area contributed by atoms with Gasteiger partial charge in [-0.1, -0.05) is 13.8 Å². The van der Waals surface area contributed by atoms with E-state index < -0.39 is 23.7 Å². The van der Waals surface area contributed by atoms with E-state index >= 15 is 0 Å². The second-order valence-corrected chi connectivity index (χ2v) is 6.57. The zero-order valence-corrected chi connectivity index (χ0v) is 12.5. The lowest BCUT2D eigenvalue weighted by atomic mass is 9.93. The molecule has 1 aliphatic rings. The average Bonchev–Trinajstić information content (AvgIpc) is 2.20. The van der Waals surface area contributed by atoms with E-state index in [0.717, 1.165) is 11.3 Å². The Hall–Kier alpha value is -1.10. The van der Waals surface area contributed by atoms with Gasteiger partial charge >= 0.3 is 6.09 Å². The SMILES string of the molecule is CC(C)C[C@H]1CC[C@H](O)C(=O)N1C(=O)OC(C)(C)C. The van der Waals surface area contributed by atoms with Crippen molar-refractivity contribution in [2.75, 3.05) is 0 Å². The standard InChI is InChI=1S/C14H25NO4/c1-9(2)8-10-6-7-11(16)12(17)15(10)13(18)19-14(3,4)5/h9-11,16H,6-8H2,1-5H3/t10-,11+/m1/s1. The van der Waals surface area contributed by atoms with Gasteiger partial charge in [0.25, 0.3) is 5.91 Å². The first-order valence-corrected chi connectivity index (χ1v) is 6.86. The molecule has 5 nitrogen and oxygen atoms in total. The van der Waals surface area contributed by atoms with E-state index in [0.29, 0.717) is 18.8 Å². The molecule has 1 aliphatic heterocycles. The Morgan fingerprint density at radius 2 is 2.00 bits per heavy atom. The lowest BCUT2D eigenvalue weighted by molar-refractivity contribution is -0.146. The van der Waals surface area contributed by atoms with Gasteiger partial charge in [-0.05, 0) is 46.0 Å². The van der Waals surface area contributed by atoms with Crippen molar-refractivity contribution in [3.8, 4) is 0 Å². The van der Waals surface area contributed by atoms with E-state index in [2.05, 4.69) is 0 Å². The van der Waals surface area contributed by atoms with E-state index in [-0.39, 0.29) is 6.04 Å². The maximum Gasteiger partial charge on any atom is 0.417 e. The van der Waals surface area contributed by atoms with Crippen molar-refractivity contribution in [3.05, 3.63) is 0 Å². The van der Waals surface area contributed by atoms with Gasteiger partial charge in [0.05, 0.1) is 0 Å². The molecule has 0 aromatic rings. The Morgan fingerprint density at radius 1 is 1.42 bits per heavy atom. The highest BCUT2D eigenvalue weighted by atomic mass is 16.6. The van der Waals surface area contributed by atoms with Crippen LogP contribution in [0.4, 0.5) is 4.79 Å². The molecule has 0 aliphatic carbocycles. The Morgan fingerprint density at radius 3 is 2.47 bits per heavy atom. The van der Waals surface area contributed by atoms with Crippen LogP contribution in [0.5, 0.6) is 0 Å². The molecule has 1 N–H and O–H groups in total. The highest BCUT2D eigenvalue weighted by Gasteiger charge is 2.40. The third-order valence-corrected chi connectivity index (χ3v) is 2.99. The van der Waals surface area contributed by atoms with Crippen LogP contribution in [0.2, 0.25) is 0 Å². The van der Waals surface area contributed by atoms with E-state index in [4.69, 9.17) is 4.74 Å². The lowest BCUT2D eigenvalue weighted by Crippen LogP contribution is -2.54. The Kier molecular flexibility index (Phi) is 4.96. The smallest absolute Gasteiger partial charge is 0.417 e. The maximum atomic E-state index is 12.1. The van der Waals surface area contributed by atoms with Gasteiger partial charge in [0.1, 0.15) is 11.7 Å². The molecule has 0 aromatic heterocycles. The van der Waals surface area contributed by atoms with Gasteiger partial charge in [0.15, 0.2) is 0 Å². The van der Waals surface area contributed by atoms with Crippen LogP contribution in [0.15, 0.2) is 0 Å². The second kappa shape index (κ2) is 5.90. The van der Waals surface area contributed by atoms with E-state index in [1.165, 1.54) is 0 Å². The molecule has 0 radical (unpaired) electrons. The predicted molar refractivity (Wildman–Crippen MR) is 71.6 cm³/mol. The van der Waals surface area contributed by atoms with Gasteiger partial charge in [0, 0.05) is 6.04 Å². The van der Waals surface area contributed by atoms with Crippen LogP contribution >= 0.6 is 0 Å². The summed E-state index contributed by atoms with van der Waals surface area (Å²) in [6.45, 7) is 9.36. The van der Waals surface area contributed by atoms with Crippen molar-refractivity contribution in [2.45, 2.75) is 71.6 Å². The third-order valence-electron chi connectivity index (χ3n) is 2.99. The number of nitrogens with zero attached hydrogens (tertiary/aromatic N) is 1. The monoisotopic (exact) mass is 271 g/mol. The molecule has 2 amide bonds. The van der Waals surface area contributed by atoms with Crippen LogP contribution in [0.1, 0.15) is 53.9 Å². The largest absolute Gasteiger partial charge is 0.443 e. The zero-order valence-electron chi connectivity index (χ0n) is 12.5. The van der Waals surface area contributed by atoms with Gasteiger partial charge in [-0.3, -0.25) is 4.79 Å². The summed E-state index contributed by atoms with van der Waals surface area (Å²) in [6, 6.07) is -0.175. The number of likely N-dealkylation sites (tertiary alicyclic amines) is 1. The number of aliphatic hydroxyl groups is 1. The Labute approximate surface area is 114 Å². The van der Waals surface area contributed by atoms with Gasteiger partial charge in [-0.25, -0.2) is 9.69 Å². The molecular weight excluding hydrogens is 246 g/mol. The number of ether oxygens (including phenoxy) is 1. The molecule has 0 unspecified atom stereocenters. The normalized spacial score (nSPS) is 24.8. The summed E-state index contributed by atoms with van der Waals surface area (Å²) in [5, 5.41) is 9.65. The van der Waals surface area contributed by atoms with Crippen molar-refractivity contribution in [2.24, 2.45) is 5.92 Å². The summed E-state index contributed by atoms with van der Waals surface area (Å²) in [4.78, 5) is 25.3. The van der Waals surface area contributed by atoms with Gasteiger partial charge in [-0.2, -0.15) is 0 Å². The molecule has 2 atom stereocenters. The quantitative estimate of drug-likeness (QED) is 0.837. The van der Waals surface area contributed by atoms with E-state index in [1.807, 2.05) is 13.8 Å². The summed E-state index contributed by atoms with van der Waals surface area (Å²) in [6.07, 6.45) is 0.0372. The highest BCUT2D eigenvalue weighted by Crippen LogP contribution is 2.26. The fourth-order valence-corrected chi connectivity index (χ4v) is 2.26. The summed E-state index contributed by atoms with van der Waals surface area (Å²) in [5.41, 5.74) is -0.651. The minimum atomic E-state index is -1.09. The first-order valence-electron chi connectivity index (χ1n) is 6.86. The van der Waals surface area contributed by atoms with Crippen molar-refractivity contribution in [1.29, 1.82) is 0 Å². The highest BCUT2D eigenvalue weighted by molar-refractivity contribution is 5.95. The summed E-state index contributed by atoms with van der Waals surface area (Å²) >= 11 is 0. The second-order valence-electron chi connectivity index (χ2n) is 6.57. The number of amides is 2. The molecule has 1 heterocycles. The molecule has 5 heteroatoms. The predicted octanol–water partition coefficient (Wildman–Crippen LogP) is 2.32. The molecule has 1 saturated heterocycles. The zero-order chi connectivity index (χ0) is 14.8. The van der Waals surface area contributed by atoms with Crippen molar-refractivity contribution in [1.82, 2.24) is 4.90 Å². The molecule has 0 bridgehead atoms. The first kappa shape index (κ1) is 16.0. The van der Waals surface area contributed by atoms with Crippen LogP contribution in [-0.4, -0.2) is 39.8 Å². The van der Waals surface area contributed by atoms with Crippen LogP contribution in [-0.2, 0) is 9.53 Å². The number of rotatable bonds is 2. The molecule has 110 valence electrons. The molecule has 1 rings (SSSR count). The number of piperidine rings is 1. The number of hydrogen-bond acceptors (Lipinski definition) is 4. The molecule has 0 saturated carbocycles. The van der Waals surface area contributed by atoms with Crippen molar-refractivity contribution < 1.29 is 19.4 Å². The van der Waals surface area contributed by atoms with E-state index in [9.17, 15) is 14.7 Å². The molecular formula is C14H25NO4. The van der Waals surface area contributed by atoms with E-state index in [1.54, 1.807) is 20.8 Å². The summed E-state index contributed by atoms with van der Waals surface area (Å²) < 4.78 is 5.26. The number of hydrogen-bond donors (Lipinski definition) is 1. The summed E-state index contributed by atoms with van der Waals surface area (Å²) in [5.74, 6) is -0.163. The van der Waals surface area contributed by atoms with Crippen LogP contribution < -0.4 is 0 Å². The number of carbonyl (C=O) groups is 2. The molecule has 0 aromatic carbocycles. The minimum absolute atomic E-state index is 0.175. The summed E-state index contributed by atoms with van der Waals surface area (Å²) in [7, 11) is 0.